The van der Waals surface area contributed by atoms with Crippen LogP contribution in [-0.4, -0.2) is 12.6 Å². The molecule has 0 amide bonds. The van der Waals surface area contributed by atoms with Gasteiger partial charge >= 0.3 is 0 Å². The number of nitrogens with one attached hydrogen (secondary N) is 1. The van der Waals surface area contributed by atoms with Crippen LogP contribution < -0.4 is 5.32 Å². The summed E-state index contributed by atoms with van der Waals surface area (Å²) in [5.41, 5.74) is 1.30. The van der Waals surface area contributed by atoms with Gasteiger partial charge in [-0.2, -0.15) is 0 Å². The van der Waals surface area contributed by atoms with Crippen LogP contribution in [0, 0.1) is 11.7 Å². The van der Waals surface area contributed by atoms with Gasteiger partial charge in [-0.15, -0.1) is 0 Å². The summed E-state index contributed by atoms with van der Waals surface area (Å²) in [7, 11) is 0. The molecular weight excluding hydrogens is 213 g/mol. The molecule has 1 N–H and O–H groups in total. The molecule has 1 aromatic carbocycles. The summed E-state index contributed by atoms with van der Waals surface area (Å²) >= 11 is 0. The summed E-state index contributed by atoms with van der Waals surface area (Å²) in [5.74, 6) is 1.54. The van der Waals surface area contributed by atoms with E-state index in [1.807, 2.05) is 12.1 Å². The van der Waals surface area contributed by atoms with Gasteiger partial charge in [-0.05, 0) is 55.3 Å². The monoisotopic (exact) mass is 233 g/mol. The Morgan fingerprint density at radius 3 is 2.47 bits per heavy atom. The molecular formula is C15H20FN. The summed E-state index contributed by atoms with van der Waals surface area (Å²) in [6.45, 7) is 1.19. The van der Waals surface area contributed by atoms with Crippen LogP contribution in [-0.2, 0) is 0 Å². The molecule has 0 unspecified atom stereocenters. The predicted octanol–water partition coefficient (Wildman–Crippen LogP) is 3.46. The van der Waals surface area contributed by atoms with E-state index in [1.54, 1.807) is 12.1 Å². The van der Waals surface area contributed by atoms with Gasteiger partial charge in [-0.1, -0.05) is 25.0 Å². The van der Waals surface area contributed by atoms with Gasteiger partial charge in [0.15, 0.2) is 0 Å². The lowest BCUT2D eigenvalue weighted by molar-refractivity contribution is 0.289. The highest BCUT2D eigenvalue weighted by molar-refractivity contribution is 5.23. The van der Waals surface area contributed by atoms with Gasteiger partial charge in [-0.25, -0.2) is 4.39 Å². The molecule has 0 heterocycles. The second kappa shape index (κ2) is 4.77. The van der Waals surface area contributed by atoms with Crippen molar-refractivity contribution in [2.75, 3.05) is 6.54 Å². The first-order chi connectivity index (χ1) is 8.31. The quantitative estimate of drug-likeness (QED) is 0.821. The average molecular weight is 233 g/mol. The van der Waals surface area contributed by atoms with E-state index in [9.17, 15) is 4.39 Å². The number of rotatable bonds is 5. The fraction of sp³-hybridized carbons (Fsp3) is 0.600. The zero-order valence-corrected chi connectivity index (χ0v) is 10.2. The van der Waals surface area contributed by atoms with Crippen molar-refractivity contribution in [3.8, 4) is 0 Å². The molecule has 17 heavy (non-hydrogen) atoms. The Labute approximate surface area is 102 Å². The van der Waals surface area contributed by atoms with Crippen molar-refractivity contribution in [3.63, 3.8) is 0 Å². The third-order valence-corrected chi connectivity index (χ3v) is 4.16. The van der Waals surface area contributed by atoms with Crippen LogP contribution >= 0.6 is 0 Å². The Hall–Kier alpha value is -0.890. The fourth-order valence-electron chi connectivity index (χ4n) is 2.69. The van der Waals surface area contributed by atoms with Crippen molar-refractivity contribution in [2.24, 2.45) is 5.92 Å². The molecule has 0 bridgehead atoms. The van der Waals surface area contributed by atoms with Gasteiger partial charge in [0, 0.05) is 6.04 Å². The van der Waals surface area contributed by atoms with Crippen LogP contribution in [0.3, 0.4) is 0 Å². The maximum Gasteiger partial charge on any atom is 0.123 e. The van der Waals surface area contributed by atoms with Gasteiger partial charge in [-0.3, -0.25) is 0 Å². The molecule has 0 saturated heterocycles. The molecule has 0 radical (unpaired) electrons. The summed E-state index contributed by atoms with van der Waals surface area (Å²) in [5, 5.41) is 3.63. The molecule has 2 aliphatic rings. The van der Waals surface area contributed by atoms with Crippen molar-refractivity contribution in [1.29, 1.82) is 0 Å². The van der Waals surface area contributed by atoms with Crippen LogP contribution in [0.2, 0.25) is 0 Å². The lowest BCUT2D eigenvalue weighted by atomic mass is 9.76. The molecule has 0 spiro atoms. The van der Waals surface area contributed by atoms with E-state index in [1.165, 1.54) is 44.2 Å². The normalized spacial score (nSPS) is 27.8. The first kappa shape index (κ1) is 11.2. The molecule has 1 aromatic rings. The standard InChI is InChI=1S/C15H20FN/c16-14-5-3-12(4-6-14)13-9-15(10-13)17-8-7-11-1-2-11/h3-6,11,13,15,17H,1-2,7-10H2. The van der Waals surface area contributed by atoms with Gasteiger partial charge in [0.25, 0.3) is 0 Å². The highest BCUT2D eigenvalue weighted by Crippen LogP contribution is 2.37. The first-order valence-electron chi connectivity index (χ1n) is 6.80. The summed E-state index contributed by atoms with van der Waals surface area (Å²) in [6, 6.07) is 7.71. The maximum atomic E-state index is 12.8. The Bertz CT molecular complexity index is 363. The van der Waals surface area contributed by atoms with E-state index in [0.717, 1.165) is 5.92 Å². The molecule has 3 rings (SSSR count). The lowest BCUT2D eigenvalue weighted by Crippen LogP contribution is -2.40. The van der Waals surface area contributed by atoms with E-state index in [-0.39, 0.29) is 5.82 Å². The number of halogens is 1. The molecule has 2 fully saturated rings. The molecule has 2 aliphatic carbocycles. The number of benzene rings is 1. The van der Waals surface area contributed by atoms with E-state index < -0.39 is 0 Å². The second-order valence-corrected chi connectivity index (χ2v) is 5.60. The van der Waals surface area contributed by atoms with Crippen molar-refractivity contribution in [1.82, 2.24) is 5.32 Å². The average Bonchev–Trinajstić information content (AvgIpc) is 3.07. The minimum absolute atomic E-state index is 0.132. The van der Waals surface area contributed by atoms with E-state index in [2.05, 4.69) is 5.32 Å². The zero-order chi connectivity index (χ0) is 11.7. The Kier molecular flexibility index (Phi) is 3.15. The van der Waals surface area contributed by atoms with Crippen LogP contribution in [0.15, 0.2) is 24.3 Å². The van der Waals surface area contributed by atoms with Crippen LogP contribution in [0.5, 0.6) is 0 Å². The Balaban J connectivity index is 1.39. The Morgan fingerprint density at radius 2 is 1.82 bits per heavy atom. The summed E-state index contributed by atoms with van der Waals surface area (Å²) < 4.78 is 12.8. The topological polar surface area (TPSA) is 12.0 Å². The highest BCUT2D eigenvalue weighted by Gasteiger charge is 2.30. The summed E-state index contributed by atoms with van der Waals surface area (Å²) in [4.78, 5) is 0. The first-order valence-corrected chi connectivity index (χ1v) is 6.80. The molecule has 0 aliphatic heterocycles. The molecule has 92 valence electrons. The van der Waals surface area contributed by atoms with Gasteiger partial charge in [0.05, 0.1) is 0 Å². The van der Waals surface area contributed by atoms with Gasteiger partial charge in [0.1, 0.15) is 5.82 Å². The molecule has 2 saturated carbocycles. The molecule has 1 nitrogen and oxygen atoms in total. The molecule has 0 atom stereocenters. The summed E-state index contributed by atoms with van der Waals surface area (Å²) in [6.07, 6.45) is 6.69. The molecule has 0 aromatic heterocycles. The van der Waals surface area contributed by atoms with Crippen molar-refractivity contribution >= 4 is 0 Å². The maximum absolute atomic E-state index is 12.8. The third-order valence-electron chi connectivity index (χ3n) is 4.16. The van der Waals surface area contributed by atoms with Crippen molar-refractivity contribution in [3.05, 3.63) is 35.6 Å². The predicted molar refractivity (Wildman–Crippen MR) is 67.5 cm³/mol. The highest BCUT2D eigenvalue weighted by atomic mass is 19.1. The minimum Gasteiger partial charge on any atom is -0.314 e. The van der Waals surface area contributed by atoms with Gasteiger partial charge in [0.2, 0.25) is 0 Å². The van der Waals surface area contributed by atoms with E-state index in [4.69, 9.17) is 0 Å². The third kappa shape index (κ3) is 2.86. The van der Waals surface area contributed by atoms with Gasteiger partial charge < -0.3 is 5.32 Å². The smallest absolute Gasteiger partial charge is 0.123 e. The fourth-order valence-corrected chi connectivity index (χ4v) is 2.69. The number of hydrogen-bond donors (Lipinski definition) is 1. The van der Waals surface area contributed by atoms with Crippen LogP contribution in [0.4, 0.5) is 4.39 Å². The molecule has 2 heteroatoms. The lowest BCUT2D eigenvalue weighted by Gasteiger charge is -2.36. The Morgan fingerprint density at radius 1 is 1.12 bits per heavy atom. The van der Waals surface area contributed by atoms with Crippen molar-refractivity contribution in [2.45, 2.75) is 44.1 Å². The van der Waals surface area contributed by atoms with Crippen LogP contribution in [0.25, 0.3) is 0 Å². The largest absolute Gasteiger partial charge is 0.314 e. The SMILES string of the molecule is Fc1ccc(C2CC(NCCC3CC3)C2)cc1. The van der Waals surface area contributed by atoms with Crippen molar-refractivity contribution < 1.29 is 4.39 Å². The van der Waals surface area contributed by atoms with Crippen LogP contribution in [0.1, 0.15) is 43.6 Å². The number of hydrogen-bond acceptors (Lipinski definition) is 1. The second-order valence-electron chi connectivity index (χ2n) is 5.60. The van der Waals surface area contributed by atoms with E-state index in [0.29, 0.717) is 12.0 Å². The van der Waals surface area contributed by atoms with E-state index >= 15 is 0 Å². The zero-order valence-electron chi connectivity index (χ0n) is 10.2. The minimum atomic E-state index is -0.132.